The maximum Gasteiger partial charge on any atom is 0.419 e. The van der Waals surface area contributed by atoms with E-state index in [0.717, 1.165) is 29.1 Å². The Morgan fingerprint density at radius 2 is 2.08 bits per heavy atom. The van der Waals surface area contributed by atoms with Crippen molar-refractivity contribution in [3.8, 4) is 0 Å². The van der Waals surface area contributed by atoms with Gasteiger partial charge in [0, 0.05) is 10.9 Å². The number of nitrogens with one attached hydrogen (secondary N) is 1. The zero-order valence-electron chi connectivity index (χ0n) is 12.7. The largest absolute Gasteiger partial charge is 0.419 e. The molecule has 0 saturated carbocycles. The number of thiazole rings is 1. The SMILES string of the molecule is Cl.N[C@H]1CCc2nc(NC(=O)c3cccc(C(F)(F)F)c3F)sc2C1. The maximum absolute atomic E-state index is 14.0. The molecule has 2 aromatic rings. The minimum atomic E-state index is -4.86. The first-order valence-electron chi connectivity index (χ1n) is 7.17. The Morgan fingerprint density at radius 1 is 1.36 bits per heavy atom. The van der Waals surface area contributed by atoms with Gasteiger partial charge in [-0.05, 0) is 31.4 Å². The summed E-state index contributed by atoms with van der Waals surface area (Å²) in [4.78, 5) is 17.3. The third kappa shape index (κ3) is 4.10. The topological polar surface area (TPSA) is 68.0 Å². The summed E-state index contributed by atoms with van der Waals surface area (Å²) in [6, 6.07) is 2.62. The van der Waals surface area contributed by atoms with Crippen molar-refractivity contribution in [2.75, 3.05) is 5.32 Å². The molecule has 3 N–H and O–H groups in total. The van der Waals surface area contributed by atoms with Crippen molar-refractivity contribution in [3.63, 3.8) is 0 Å². The molecule has 1 aliphatic carbocycles. The Balaban J connectivity index is 0.00000225. The van der Waals surface area contributed by atoms with E-state index in [1.54, 1.807) is 0 Å². The van der Waals surface area contributed by atoms with Crippen LogP contribution in [0.2, 0.25) is 0 Å². The van der Waals surface area contributed by atoms with Crippen molar-refractivity contribution in [1.82, 2.24) is 4.98 Å². The van der Waals surface area contributed by atoms with Gasteiger partial charge in [0.05, 0.1) is 16.8 Å². The molecule has 0 bridgehead atoms. The number of benzene rings is 1. The number of anilines is 1. The number of rotatable bonds is 2. The van der Waals surface area contributed by atoms with E-state index in [-0.39, 0.29) is 23.6 Å². The standard InChI is InChI=1S/C15H13F4N3OS.ClH/c16-12-8(2-1-3-9(12)15(17,18)19)13(23)22-14-21-10-5-4-7(20)6-11(10)24-14;/h1-3,7H,4-6,20H2,(H,21,22,23);1H/t7-;/m0./s1. The number of alkyl halides is 3. The van der Waals surface area contributed by atoms with E-state index in [1.165, 1.54) is 11.3 Å². The second-order valence-electron chi connectivity index (χ2n) is 5.51. The molecule has 0 saturated heterocycles. The summed E-state index contributed by atoms with van der Waals surface area (Å²) >= 11 is 1.21. The van der Waals surface area contributed by atoms with Crippen LogP contribution in [0.15, 0.2) is 18.2 Å². The number of carbonyl (C=O) groups is 1. The van der Waals surface area contributed by atoms with Crippen LogP contribution in [0.1, 0.15) is 32.9 Å². The van der Waals surface area contributed by atoms with Gasteiger partial charge in [0.25, 0.3) is 5.91 Å². The van der Waals surface area contributed by atoms with Crippen molar-refractivity contribution in [2.24, 2.45) is 5.73 Å². The highest BCUT2D eigenvalue weighted by Gasteiger charge is 2.35. The molecule has 136 valence electrons. The smallest absolute Gasteiger partial charge is 0.327 e. The predicted octanol–water partition coefficient (Wildman–Crippen LogP) is 3.79. The molecule has 0 unspecified atom stereocenters. The van der Waals surface area contributed by atoms with E-state index < -0.39 is 29.0 Å². The van der Waals surface area contributed by atoms with Gasteiger partial charge in [-0.2, -0.15) is 13.2 Å². The van der Waals surface area contributed by atoms with Crippen LogP contribution in [-0.2, 0) is 19.0 Å². The lowest BCUT2D eigenvalue weighted by molar-refractivity contribution is -0.140. The van der Waals surface area contributed by atoms with Crippen LogP contribution in [0.3, 0.4) is 0 Å². The van der Waals surface area contributed by atoms with Crippen molar-refractivity contribution in [1.29, 1.82) is 0 Å². The fourth-order valence-electron chi connectivity index (χ4n) is 2.54. The maximum atomic E-state index is 14.0. The van der Waals surface area contributed by atoms with Gasteiger partial charge in [-0.1, -0.05) is 6.07 Å². The van der Waals surface area contributed by atoms with E-state index in [4.69, 9.17) is 5.73 Å². The lowest BCUT2D eigenvalue weighted by atomic mass is 9.99. The van der Waals surface area contributed by atoms with E-state index in [1.807, 2.05) is 0 Å². The van der Waals surface area contributed by atoms with Gasteiger partial charge in [-0.3, -0.25) is 10.1 Å². The van der Waals surface area contributed by atoms with Crippen molar-refractivity contribution in [3.05, 3.63) is 45.7 Å². The molecule has 3 rings (SSSR count). The highest BCUT2D eigenvalue weighted by atomic mass is 35.5. The second-order valence-corrected chi connectivity index (χ2v) is 6.59. The number of carbonyl (C=O) groups excluding carboxylic acids is 1. The Bertz CT molecular complexity index is 794. The summed E-state index contributed by atoms with van der Waals surface area (Å²) in [5, 5.41) is 2.60. The lowest BCUT2D eigenvalue weighted by Crippen LogP contribution is -2.27. The average molecular weight is 396 g/mol. The van der Waals surface area contributed by atoms with Gasteiger partial charge >= 0.3 is 6.18 Å². The summed E-state index contributed by atoms with van der Waals surface area (Å²) in [7, 11) is 0. The third-order valence-corrected chi connectivity index (χ3v) is 4.78. The number of hydrogen-bond acceptors (Lipinski definition) is 4. The van der Waals surface area contributed by atoms with Gasteiger partial charge in [-0.25, -0.2) is 9.37 Å². The molecule has 25 heavy (non-hydrogen) atoms. The van der Waals surface area contributed by atoms with Gasteiger partial charge in [0.2, 0.25) is 0 Å². The number of nitrogens with zero attached hydrogens (tertiary/aromatic N) is 1. The minimum Gasteiger partial charge on any atom is -0.327 e. The summed E-state index contributed by atoms with van der Waals surface area (Å²) in [5.41, 5.74) is 4.54. The summed E-state index contributed by atoms with van der Waals surface area (Å²) < 4.78 is 52.1. The fourth-order valence-corrected chi connectivity index (χ4v) is 3.64. The fraction of sp³-hybridized carbons (Fsp3) is 0.333. The molecule has 0 spiro atoms. The molecule has 1 aliphatic rings. The van der Waals surface area contributed by atoms with E-state index in [2.05, 4.69) is 10.3 Å². The van der Waals surface area contributed by atoms with Gasteiger partial charge < -0.3 is 5.73 Å². The van der Waals surface area contributed by atoms with Crippen molar-refractivity contribution in [2.45, 2.75) is 31.5 Å². The number of amides is 1. The van der Waals surface area contributed by atoms with Gasteiger partial charge in [0.15, 0.2) is 5.13 Å². The molecular weight excluding hydrogens is 382 g/mol. The Morgan fingerprint density at radius 3 is 2.76 bits per heavy atom. The van der Waals surface area contributed by atoms with Crippen LogP contribution in [0, 0.1) is 5.82 Å². The lowest BCUT2D eigenvalue weighted by Gasteiger charge is -2.15. The molecule has 4 nitrogen and oxygen atoms in total. The monoisotopic (exact) mass is 395 g/mol. The number of hydrogen-bond donors (Lipinski definition) is 2. The average Bonchev–Trinajstić information content (AvgIpc) is 2.87. The van der Waals surface area contributed by atoms with Crippen molar-refractivity contribution >= 4 is 34.8 Å². The molecule has 10 heteroatoms. The first-order valence-corrected chi connectivity index (χ1v) is 7.98. The molecule has 0 aliphatic heterocycles. The highest BCUT2D eigenvalue weighted by Crippen LogP contribution is 2.33. The van der Waals surface area contributed by atoms with Crippen LogP contribution < -0.4 is 11.1 Å². The van der Waals surface area contributed by atoms with E-state index in [0.29, 0.717) is 18.9 Å². The zero-order chi connectivity index (χ0) is 17.5. The molecule has 0 radical (unpaired) electrons. The van der Waals surface area contributed by atoms with Crippen LogP contribution in [0.5, 0.6) is 0 Å². The number of nitrogens with two attached hydrogens (primary N) is 1. The van der Waals surface area contributed by atoms with Crippen LogP contribution >= 0.6 is 23.7 Å². The molecule has 1 aromatic heterocycles. The van der Waals surface area contributed by atoms with E-state index >= 15 is 0 Å². The molecule has 1 atom stereocenters. The second kappa shape index (κ2) is 7.27. The molecule has 0 fully saturated rings. The van der Waals surface area contributed by atoms with Crippen LogP contribution in [0.4, 0.5) is 22.7 Å². The minimum absolute atomic E-state index is 0. The Hall–Kier alpha value is -1.71. The number of aromatic nitrogens is 1. The summed E-state index contributed by atoms with van der Waals surface area (Å²) in [5.74, 6) is -2.56. The first-order chi connectivity index (χ1) is 11.3. The summed E-state index contributed by atoms with van der Waals surface area (Å²) in [6.45, 7) is 0. The van der Waals surface area contributed by atoms with Gasteiger partial charge in [0.1, 0.15) is 5.82 Å². The highest BCUT2D eigenvalue weighted by molar-refractivity contribution is 7.15. The number of aryl methyl sites for hydroxylation is 1. The van der Waals surface area contributed by atoms with E-state index in [9.17, 15) is 22.4 Å². The molecule has 1 amide bonds. The first kappa shape index (κ1) is 19.6. The van der Waals surface area contributed by atoms with Crippen LogP contribution in [-0.4, -0.2) is 16.9 Å². The number of fused-ring (bicyclic) bond motifs is 1. The summed E-state index contributed by atoms with van der Waals surface area (Å²) in [6.07, 6.45) is -2.76. The zero-order valence-corrected chi connectivity index (χ0v) is 14.3. The van der Waals surface area contributed by atoms with Crippen LogP contribution in [0.25, 0.3) is 0 Å². The normalized spacial score (nSPS) is 16.8. The molecule has 1 aromatic carbocycles. The third-order valence-electron chi connectivity index (χ3n) is 3.75. The number of halogens is 5. The quantitative estimate of drug-likeness (QED) is 0.760. The Kier molecular flexibility index (Phi) is 5.70. The van der Waals surface area contributed by atoms with Crippen molar-refractivity contribution < 1.29 is 22.4 Å². The molecule has 1 heterocycles. The van der Waals surface area contributed by atoms with Gasteiger partial charge in [-0.15, -0.1) is 23.7 Å². The Labute approximate surface area is 150 Å². The predicted molar refractivity (Wildman–Crippen MR) is 88.7 cm³/mol. The molecular formula is C15H14ClF4N3OS.